The van der Waals surface area contributed by atoms with E-state index in [-0.39, 0.29) is 11.9 Å². The minimum Gasteiger partial charge on any atom is -0.343 e. The molecule has 0 radical (unpaired) electrons. The largest absolute Gasteiger partial charge is 0.343 e. The van der Waals surface area contributed by atoms with Crippen molar-refractivity contribution in [1.29, 1.82) is 0 Å². The van der Waals surface area contributed by atoms with Gasteiger partial charge in [0.05, 0.1) is 0 Å². The molecule has 2 rings (SSSR count). The molecule has 140 valence electrons. The normalized spacial score (nSPS) is 17.0. The van der Waals surface area contributed by atoms with E-state index in [1.807, 2.05) is 37.2 Å². The van der Waals surface area contributed by atoms with Gasteiger partial charge in [-0.25, -0.2) is 0 Å². The van der Waals surface area contributed by atoms with Gasteiger partial charge in [0.25, 0.3) is 0 Å². The van der Waals surface area contributed by atoms with Gasteiger partial charge < -0.3 is 9.80 Å². The highest BCUT2D eigenvalue weighted by Gasteiger charge is 2.27. The summed E-state index contributed by atoms with van der Waals surface area (Å²) >= 11 is 0. The maximum Gasteiger partial charge on any atom is 0.244 e. The van der Waals surface area contributed by atoms with Gasteiger partial charge in [-0.15, -0.1) is 0 Å². The van der Waals surface area contributed by atoms with Gasteiger partial charge in [-0.05, 0) is 39.0 Å². The molecule has 0 saturated heterocycles. The molecule has 4 heteroatoms. The van der Waals surface area contributed by atoms with Crippen LogP contribution in [0.2, 0.25) is 0 Å². The number of rotatable bonds is 8. The van der Waals surface area contributed by atoms with Gasteiger partial charge in [-0.2, -0.15) is 0 Å². The lowest BCUT2D eigenvalue weighted by molar-refractivity contribution is -0.135. The fourth-order valence-corrected chi connectivity index (χ4v) is 3.73. The molecular weight excluding hydrogens is 310 g/mol. The maximum atomic E-state index is 13.1. The van der Waals surface area contributed by atoms with E-state index >= 15 is 0 Å². The SMILES string of the molecule is CCN(C)C(C(=O)N(C)CCN(C)C1CCCCC1)c1ccccc1. The first-order valence-corrected chi connectivity index (χ1v) is 9.75. The second-order valence-corrected chi connectivity index (χ2v) is 7.42. The molecule has 0 bridgehead atoms. The molecule has 1 aromatic carbocycles. The third-order valence-corrected chi connectivity index (χ3v) is 5.65. The molecule has 1 aromatic rings. The summed E-state index contributed by atoms with van der Waals surface area (Å²) in [5, 5.41) is 0. The lowest BCUT2D eigenvalue weighted by Crippen LogP contribution is -2.44. The number of carbonyl (C=O) groups excluding carboxylic acids is 1. The lowest BCUT2D eigenvalue weighted by Gasteiger charge is -2.34. The first-order valence-electron chi connectivity index (χ1n) is 9.75. The van der Waals surface area contributed by atoms with Crippen molar-refractivity contribution in [3.63, 3.8) is 0 Å². The number of hydrogen-bond acceptors (Lipinski definition) is 3. The van der Waals surface area contributed by atoms with E-state index in [4.69, 9.17) is 0 Å². The van der Waals surface area contributed by atoms with Crippen LogP contribution in [0.1, 0.15) is 50.6 Å². The highest BCUT2D eigenvalue weighted by molar-refractivity contribution is 5.83. The highest BCUT2D eigenvalue weighted by atomic mass is 16.2. The molecule has 0 aromatic heterocycles. The van der Waals surface area contributed by atoms with Crippen LogP contribution in [0.15, 0.2) is 30.3 Å². The van der Waals surface area contributed by atoms with Crippen LogP contribution in [0.3, 0.4) is 0 Å². The van der Waals surface area contributed by atoms with Crippen LogP contribution in [0, 0.1) is 0 Å². The van der Waals surface area contributed by atoms with Gasteiger partial charge in [-0.1, -0.05) is 56.5 Å². The molecule has 1 aliphatic rings. The molecule has 4 nitrogen and oxygen atoms in total. The zero-order chi connectivity index (χ0) is 18.2. The van der Waals surface area contributed by atoms with Crippen molar-refractivity contribution in [2.75, 3.05) is 40.8 Å². The Kier molecular flexibility index (Phi) is 7.91. The van der Waals surface area contributed by atoms with Gasteiger partial charge in [-0.3, -0.25) is 9.69 Å². The third-order valence-electron chi connectivity index (χ3n) is 5.65. The van der Waals surface area contributed by atoms with Crippen LogP contribution < -0.4 is 0 Å². The predicted molar refractivity (Wildman–Crippen MR) is 105 cm³/mol. The molecular formula is C21H35N3O. The molecule has 1 aliphatic carbocycles. The number of carbonyl (C=O) groups is 1. The van der Waals surface area contributed by atoms with Crippen molar-refractivity contribution in [2.45, 2.75) is 51.1 Å². The number of amides is 1. The van der Waals surface area contributed by atoms with Crippen molar-refractivity contribution < 1.29 is 4.79 Å². The topological polar surface area (TPSA) is 26.8 Å². The summed E-state index contributed by atoms with van der Waals surface area (Å²) in [6.45, 7) is 4.68. The van der Waals surface area contributed by atoms with E-state index in [9.17, 15) is 4.79 Å². The lowest BCUT2D eigenvalue weighted by atomic mass is 9.94. The summed E-state index contributed by atoms with van der Waals surface area (Å²) in [4.78, 5) is 19.6. The second kappa shape index (κ2) is 9.93. The molecule has 25 heavy (non-hydrogen) atoms. The van der Waals surface area contributed by atoms with E-state index in [0.29, 0.717) is 6.04 Å². The van der Waals surface area contributed by atoms with Gasteiger partial charge in [0.2, 0.25) is 5.91 Å². The Bertz CT molecular complexity index is 513. The van der Waals surface area contributed by atoms with Crippen LogP contribution >= 0.6 is 0 Å². The van der Waals surface area contributed by atoms with Crippen LogP contribution in [-0.2, 0) is 4.79 Å². The van der Waals surface area contributed by atoms with Gasteiger partial charge in [0.1, 0.15) is 6.04 Å². The van der Waals surface area contributed by atoms with Crippen LogP contribution in [0.25, 0.3) is 0 Å². The molecule has 1 saturated carbocycles. The number of hydrogen-bond donors (Lipinski definition) is 0. The Morgan fingerprint density at radius 3 is 2.28 bits per heavy atom. The van der Waals surface area contributed by atoms with E-state index in [2.05, 4.69) is 35.9 Å². The predicted octanol–water partition coefficient (Wildman–Crippen LogP) is 3.40. The van der Waals surface area contributed by atoms with E-state index in [1.165, 1.54) is 32.1 Å². The Morgan fingerprint density at radius 2 is 1.68 bits per heavy atom. The van der Waals surface area contributed by atoms with Gasteiger partial charge in [0.15, 0.2) is 0 Å². The van der Waals surface area contributed by atoms with Crippen LogP contribution in [0.5, 0.6) is 0 Å². The fourth-order valence-electron chi connectivity index (χ4n) is 3.73. The number of nitrogens with zero attached hydrogens (tertiary/aromatic N) is 3. The molecule has 0 heterocycles. The second-order valence-electron chi connectivity index (χ2n) is 7.42. The minimum atomic E-state index is -0.198. The Labute approximate surface area is 153 Å². The first kappa shape index (κ1) is 19.9. The number of likely N-dealkylation sites (N-methyl/N-ethyl adjacent to an activating group) is 3. The van der Waals surface area contributed by atoms with Crippen LogP contribution in [0.4, 0.5) is 0 Å². The van der Waals surface area contributed by atoms with Crippen molar-refractivity contribution in [2.24, 2.45) is 0 Å². The molecule has 1 unspecified atom stereocenters. The molecule has 1 fully saturated rings. The molecule has 0 N–H and O–H groups in total. The molecule has 0 aliphatic heterocycles. The summed E-state index contributed by atoms with van der Waals surface area (Å²) in [7, 11) is 6.18. The van der Waals surface area contributed by atoms with Crippen molar-refractivity contribution in [1.82, 2.24) is 14.7 Å². The third kappa shape index (κ3) is 5.55. The Morgan fingerprint density at radius 1 is 1.04 bits per heavy atom. The van der Waals surface area contributed by atoms with Crippen molar-refractivity contribution in [3.05, 3.63) is 35.9 Å². The van der Waals surface area contributed by atoms with Crippen LogP contribution in [-0.4, -0.2) is 67.4 Å². The smallest absolute Gasteiger partial charge is 0.244 e. The first-order chi connectivity index (χ1) is 12.0. The maximum absolute atomic E-state index is 13.1. The standard InChI is InChI=1S/C21H35N3O/c1-5-22(2)20(18-12-8-6-9-13-18)21(25)24(4)17-16-23(3)19-14-10-7-11-15-19/h6,8-9,12-13,19-20H,5,7,10-11,14-17H2,1-4H3. The zero-order valence-corrected chi connectivity index (χ0v) is 16.4. The van der Waals surface area contributed by atoms with E-state index in [0.717, 1.165) is 25.2 Å². The summed E-state index contributed by atoms with van der Waals surface area (Å²) < 4.78 is 0. The van der Waals surface area contributed by atoms with Crippen molar-refractivity contribution in [3.8, 4) is 0 Å². The average Bonchev–Trinajstić information content (AvgIpc) is 2.67. The fraction of sp³-hybridized carbons (Fsp3) is 0.667. The zero-order valence-electron chi connectivity index (χ0n) is 16.4. The minimum absolute atomic E-state index is 0.188. The summed E-state index contributed by atoms with van der Waals surface area (Å²) in [6, 6.07) is 10.6. The van der Waals surface area contributed by atoms with E-state index in [1.54, 1.807) is 0 Å². The molecule has 1 amide bonds. The number of benzene rings is 1. The van der Waals surface area contributed by atoms with E-state index < -0.39 is 0 Å². The molecule has 1 atom stereocenters. The van der Waals surface area contributed by atoms with Crippen molar-refractivity contribution >= 4 is 5.91 Å². The monoisotopic (exact) mass is 345 g/mol. The summed E-state index contributed by atoms with van der Waals surface area (Å²) in [6.07, 6.45) is 6.69. The quantitative estimate of drug-likeness (QED) is 0.722. The summed E-state index contributed by atoms with van der Waals surface area (Å²) in [5.41, 5.74) is 1.07. The van der Waals surface area contributed by atoms with Gasteiger partial charge >= 0.3 is 0 Å². The highest BCUT2D eigenvalue weighted by Crippen LogP contribution is 2.23. The van der Waals surface area contributed by atoms with Gasteiger partial charge in [0, 0.05) is 26.2 Å². The Hall–Kier alpha value is -1.39. The Balaban J connectivity index is 1.95. The summed E-state index contributed by atoms with van der Waals surface area (Å²) in [5.74, 6) is 0.188. The molecule has 0 spiro atoms. The average molecular weight is 346 g/mol.